The summed E-state index contributed by atoms with van der Waals surface area (Å²) >= 11 is 0. The monoisotopic (exact) mass is 445 g/mol. The summed E-state index contributed by atoms with van der Waals surface area (Å²) in [7, 11) is 6.03. The minimum atomic E-state index is -0.579. The molecule has 0 spiro atoms. The second kappa shape index (κ2) is 10.7. The summed E-state index contributed by atoms with van der Waals surface area (Å²) in [5, 5.41) is 9.67. The average molecular weight is 445 g/mol. The summed E-state index contributed by atoms with van der Waals surface area (Å²) in [5.74, 6) is 1.52. The molecule has 7 heteroatoms. The van der Waals surface area contributed by atoms with Crippen molar-refractivity contribution in [2.45, 2.75) is 0 Å². The Morgan fingerprint density at radius 2 is 1.39 bits per heavy atom. The summed E-state index contributed by atoms with van der Waals surface area (Å²) in [6.45, 7) is 0. The molecular formula is C26H23NO6. The van der Waals surface area contributed by atoms with E-state index >= 15 is 0 Å². The van der Waals surface area contributed by atoms with Gasteiger partial charge in [-0.3, -0.25) is 0 Å². The van der Waals surface area contributed by atoms with Crippen LogP contribution in [-0.2, 0) is 0 Å². The second-order valence-corrected chi connectivity index (χ2v) is 6.74. The summed E-state index contributed by atoms with van der Waals surface area (Å²) in [6.07, 6.45) is 1.71. The Morgan fingerprint density at radius 3 is 2.06 bits per heavy atom. The molecule has 0 atom stereocenters. The van der Waals surface area contributed by atoms with Gasteiger partial charge in [0.25, 0.3) is 0 Å². The van der Waals surface area contributed by atoms with Gasteiger partial charge < -0.3 is 23.7 Å². The minimum absolute atomic E-state index is 0.241. The Bertz CT molecular complexity index is 1230. The van der Waals surface area contributed by atoms with E-state index < -0.39 is 5.97 Å². The zero-order valence-corrected chi connectivity index (χ0v) is 18.7. The van der Waals surface area contributed by atoms with Crippen molar-refractivity contribution >= 4 is 17.6 Å². The molecule has 0 saturated carbocycles. The van der Waals surface area contributed by atoms with Crippen molar-refractivity contribution in [3.8, 4) is 34.8 Å². The quantitative estimate of drug-likeness (QED) is 0.209. The van der Waals surface area contributed by atoms with Crippen molar-refractivity contribution in [2.75, 3.05) is 28.4 Å². The molecule has 0 unspecified atom stereocenters. The summed E-state index contributed by atoms with van der Waals surface area (Å²) < 4.78 is 26.7. The smallest absolute Gasteiger partial charge is 0.343 e. The highest BCUT2D eigenvalue weighted by molar-refractivity contribution is 5.93. The number of nitrogens with zero attached hydrogens (tertiary/aromatic N) is 1. The van der Waals surface area contributed by atoms with E-state index in [0.29, 0.717) is 45.3 Å². The lowest BCUT2D eigenvalue weighted by Crippen LogP contribution is -2.09. The van der Waals surface area contributed by atoms with Crippen molar-refractivity contribution in [1.82, 2.24) is 0 Å². The SMILES string of the molecule is COc1ccc(C(=O)Oc2ccc(/C=C(/C#N)c3ccccc3OC)cc2OC)cc1OC. The van der Waals surface area contributed by atoms with Crippen molar-refractivity contribution in [2.24, 2.45) is 0 Å². The maximum absolute atomic E-state index is 12.7. The van der Waals surface area contributed by atoms with Crippen LogP contribution in [0.4, 0.5) is 0 Å². The fourth-order valence-electron chi connectivity index (χ4n) is 3.18. The maximum Gasteiger partial charge on any atom is 0.343 e. The van der Waals surface area contributed by atoms with Gasteiger partial charge in [-0.1, -0.05) is 18.2 Å². The summed E-state index contributed by atoms with van der Waals surface area (Å²) in [4.78, 5) is 12.7. The van der Waals surface area contributed by atoms with Gasteiger partial charge in [-0.15, -0.1) is 0 Å². The highest BCUT2D eigenvalue weighted by Crippen LogP contribution is 2.33. The average Bonchev–Trinajstić information content (AvgIpc) is 2.87. The van der Waals surface area contributed by atoms with Gasteiger partial charge in [0.2, 0.25) is 0 Å². The van der Waals surface area contributed by atoms with Crippen LogP contribution in [-0.4, -0.2) is 34.4 Å². The van der Waals surface area contributed by atoms with Crippen molar-refractivity contribution in [1.29, 1.82) is 5.26 Å². The van der Waals surface area contributed by atoms with E-state index in [9.17, 15) is 10.1 Å². The van der Waals surface area contributed by atoms with Gasteiger partial charge in [0, 0.05) is 5.56 Å². The molecule has 0 aliphatic carbocycles. The molecular weight excluding hydrogens is 422 g/mol. The predicted molar refractivity (Wildman–Crippen MR) is 124 cm³/mol. The van der Waals surface area contributed by atoms with E-state index in [4.69, 9.17) is 23.7 Å². The number of carbonyl (C=O) groups is 1. The Labute approximate surface area is 192 Å². The number of ether oxygens (including phenoxy) is 5. The molecule has 33 heavy (non-hydrogen) atoms. The van der Waals surface area contributed by atoms with Gasteiger partial charge in [-0.05, 0) is 54.1 Å². The molecule has 0 saturated heterocycles. The fraction of sp³-hybridized carbons (Fsp3) is 0.154. The Kier molecular flexibility index (Phi) is 7.55. The van der Waals surface area contributed by atoms with Crippen LogP contribution in [0.5, 0.6) is 28.7 Å². The van der Waals surface area contributed by atoms with Crippen LogP contribution in [0.25, 0.3) is 11.6 Å². The second-order valence-electron chi connectivity index (χ2n) is 6.74. The maximum atomic E-state index is 12.7. The van der Waals surface area contributed by atoms with Gasteiger partial charge >= 0.3 is 5.97 Å². The van der Waals surface area contributed by atoms with Crippen LogP contribution in [0.2, 0.25) is 0 Å². The van der Waals surface area contributed by atoms with Crippen LogP contribution < -0.4 is 23.7 Å². The zero-order valence-electron chi connectivity index (χ0n) is 18.7. The number of benzene rings is 3. The third-order valence-electron chi connectivity index (χ3n) is 4.84. The van der Waals surface area contributed by atoms with Crippen LogP contribution in [0.3, 0.4) is 0 Å². The molecule has 3 rings (SSSR count). The number of allylic oxidation sites excluding steroid dienone is 1. The Morgan fingerprint density at radius 1 is 0.758 bits per heavy atom. The first-order valence-corrected chi connectivity index (χ1v) is 9.92. The molecule has 0 aromatic heterocycles. The molecule has 168 valence electrons. The van der Waals surface area contributed by atoms with Gasteiger partial charge in [0.15, 0.2) is 23.0 Å². The number of methoxy groups -OCH3 is 4. The number of rotatable bonds is 8. The first kappa shape index (κ1) is 23.2. The Hall–Kier alpha value is -4.44. The molecule has 7 nitrogen and oxygen atoms in total. The lowest BCUT2D eigenvalue weighted by Gasteiger charge is -2.12. The number of nitriles is 1. The molecule has 0 aliphatic rings. The lowest BCUT2D eigenvalue weighted by atomic mass is 10.0. The molecule has 0 N–H and O–H groups in total. The number of esters is 1. The number of hydrogen-bond donors (Lipinski definition) is 0. The van der Waals surface area contributed by atoms with E-state index in [1.165, 1.54) is 27.4 Å². The fourth-order valence-corrected chi connectivity index (χ4v) is 3.18. The third-order valence-corrected chi connectivity index (χ3v) is 4.84. The largest absolute Gasteiger partial charge is 0.496 e. The van der Waals surface area contributed by atoms with Gasteiger partial charge in [0.05, 0.1) is 45.6 Å². The molecule has 0 fully saturated rings. The molecule has 3 aromatic rings. The Balaban J connectivity index is 1.89. The molecule has 0 bridgehead atoms. The zero-order chi connectivity index (χ0) is 23.8. The van der Waals surface area contributed by atoms with Crippen LogP contribution in [0.1, 0.15) is 21.5 Å². The van der Waals surface area contributed by atoms with Crippen LogP contribution in [0, 0.1) is 11.3 Å². The van der Waals surface area contributed by atoms with Gasteiger partial charge in [-0.25, -0.2) is 4.79 Å². The van der Waals surface area contributed by atoms with E-state index in [2.05, 4.69) is 6.07 Å². The molecule has 0 amide bonds. The van der Waals surface area contributed by atoms with Crippen molar-refractivity contribution in [3.63, 3.8) is 0 Å². The van der Waals surface area contributed by atoms with Crippen molar-refractivity contribution < 1.29 is 28.5 Å². The molecule has 0 radical (unpaired) electrons. The molecule has 0 heterocycles. The van der Waals surface area contributed by atoms with Gasteiger partial charge in [-0.2, -0.15) is 5.26 Å². The predicted octanol–water partition coefficient (Wildman–Crippen LogP) is 5.00. The third kappa shape index (κ3) is 5.25. The minimum Gasteiger partial charge on any atom is -0.496 e. The van der Waals surface area contributed by atoms with E-state index in [-0.39, 0.29) is 5.75 Å². The van der Waals surface area contributed by atoms with Crippen molar-refractivity contribution in [3.05, 3.63) is 77.4 Å². The highest BCUT2D eigenvalue weighted by Gasteiger charge is 2.16. The first-order valence-electron chi connectivity index (χ1n) is 9.92. The van der Waals surface area contributed by atoms with E-state index in [1.807, 2.05) is 18.2 Å². The first-order chi connectivity index (χ1) is 16.0. The topological polar surface area (TPSA) is 87.0 Å². The normalized spacial score (nSPS) is 10.7. The number of para-hydroxylation sites is 1. The standard InChI is InChI=1S/C26H23NO6/c1-29-21-8-6-5-7-20(21)19(16-27)13-17-9-11-23(24(14-17)31-3)33-26(28)18-10-12-22(30-2)25(15-18)32-4/h5-15H,1-4H3/b19-13-. The highest BCUT2D eigenvalue weighted by atomic mass is 16.6. The molecule has 3 aromatic carbocycles. The summed E-state index contributed by atoms with van der Waals surface area (Å²) in [6, 6.07) is 19.2. The molecule has 0 aliphatic heterocycles. The lowest BCUT2D eigenvalue weighted by molar-refractivity contribution is 0.0729. The van der Waals surface area contributed by atoms with Crippen LogP contribution in [0.15, 0.2) is 60.7 Å². The number of hydrogen-bond acceptors (Lipinski definition) is 7. The van der Waals surface area contributed by atoms with E-state index in [1.54, 1.807) is 49.6 Å². The van der Waals surface area contributed by atoms with E-state index in [0.717, 1.165) is 0 Å². The summed E-state index contributed by atoms with van der Waals surface area (Å²) in [5.41, 5.74) is 2.08. The van der Waals surface area contributed by atoms with Crippen LogP contribution >= 0.6 is 0 Å². The van der Waals surface area contributed by atoms with Gasteiger partial charge in [0.1, 0.15) is 5.75 Å². The number of carbonyl (C=O) groups excluding carboxylic acids is 1.